The molecule has 1 unspecified atom stereocenters. The minimum Gasteiger partial charge on any atom is -0.469 e. The molecule has 2 aromatic carbocycles. The second kappa shape index (κ2) is 11.1. The number of esters is 1. The number of halogens is 3. The van der Waals surface area contributed by atoms with Crippen LogP contribution in [-0.4, -0.2) is 60.5 Å². The van der Waals surface area contributed by atoms with Crippen molar-refractivity contribution >= 4 is 23.5 Å². The van der Waals surface area contributed by atoms with E-state index in [9.17, 15) is 18.4 Å². The van der Waals surface area contributed by atoms with Crippen molar-refractivity contribution in [2.45, 2.75) is 57.4 Å². The number of carbonyl (C=O) groups is 2. The highest BCUT2D eigenvalue weighted by Crippen LogP contribution is 2.40. The van der Waals surface area contributed by atoms with Gasteiger partial charge in [0.25, 0.3) is 0 Å². The monoisotopic (exact) mass is 532 g/mol. The number of likely N-dealkylation sites (tertiary alicyclic amines) is 2. The molecule has 2 saturated heterocycles. The van der Waals surface area contributed by atoms with Gasteiger partial charge in [0, 0.05) is 48.7 Å². The van der Waals surface area contributed by atoms with Crippen molar-refractivity contribution in [3.8, 4) is 0 Å². The van der Waals surface area contributed by atoms with E-state index in [2.05, 4.69) is 25.7 Å². The highest BCUT2D eigenvalue weighted by molar-refractivity contribution is 6.30. The van der Waals surface area contributed by atoms with Gasteiger partial charge in [-0.25, -0.2) is 8.78 Å². The third-order valence-corrected chi connectivity index (χ3v) is 8.10. The molecule has 0 bridgehead atoms. The van der Waals surface area contributed by atoms with Crippen molar-refractivity contribution in [3.63, 3.8) is 0 Å². The molecule has 4 rings (SSSR count). The van der Waals surface area contributed by atoms with E-state index in [1.807, 2.05) is 23.1 Å². The van der Waals surface area contributed by atoms with Gasteiger partial charge in [-0.3, -0.25) is 14.5 Å². The Bertz CT molecular complexity index is 1160. The van der Waals surface area contributed by atoms with Crippen molar-refractivity contribution in [3.05, 3.63) is 69.7 Å². The molecule has 0 N–H and O–H groups in total. The van der Waals surface area contributed by atoms with E-state index in [1.54, 1.807) is 0 Å². The Kier molecular flexibility index (Phi) is 8.24. The molecule has 0 aliphatic carbocycles. The van der Waals surface area contributed by atoms with Crippen molar-refractivity contribution in [2.75, 3.05) is 33.3 Å². The number of nitrogens with zero attached hydrogens (tertiary/aromatic N) is 2. The number of piperidine rings is 1. The van der Waals surface area contributed by atoms with E-state index >= 15 is 0 Å². The molecule has 200 valence electrons. The largest absolute Gasteiger partial charge is 0.469 e. The maximum absolute atomic E-state index is 14.8. The summed E-state index contributed by atoms with van der Waals surface area (Å²) in [4.78, 5) is 29.8. The standard InChI is InChI=1S/C29H35ClF2N2O3/c1-29(2,3)34-16-24(23-8-6-21(31)15-26(23)32)25(17-34)28(36)33-11-9-18(10-12-33)22-7-5-20(30)13-19(22)14-27(35)37-4/h5-8,13,15,18,24-25H,9-12,14,16-17H2,1-4H3/t24?,25-/m1/s1. The maximum atomic E-state index is 14.8. The molecule has 2 aliphatic rings. The molecular weight excluding hydrogens is 498 g/mol. The van der Waals surface area contributed by atoms with Crippen LogP contribution < -0.4 is 0 Å². The number of amides is 1. The Balaban J connectivity index is 1.51. The fourth-order valence-electron chi connectivity index (χ4n) is 5.72. The molecule has 1 amide bonds. The van der Waals surface area contributed by atoms with Crippen LogP contribution in [0.4, 0.5) is 8.78 Å². The van der Waals surface area contributed by atoms with Crippen LogP contribution in [0.25, 0.3) is 0 Å². The van der Waals surface area contributed by atoms with Gasteiger partial charge in [0.1, 0.15) is 11.6 Å². The van der Waals surface area contributed by atoms with Gasteiger partial charge in [-0.15, -0.1) is 0 Å². The molecule has 0 aromatic heterocycles. The Morgan fingerprint density at radius 1 is 1.03 bits per heavy atom. The molecule has 2 aromatic rings. The normalized spacial score (nSPS) is 21.3. The van der Waals surface area contributed by atoms with Crippen molar-refractivity contribution in [2.24, 2.45) is 5.92 Å². The minimum absolute atomic E-state index is 0.0183. The van der Waals surface area contributed by atoms with Gasteiger partial charge in [-0.05, 0) is 74.4 Å². The van der Waals surface area contributed by atoms with E-state index in [1.165, 1.54) is 19.2 Å². The van der Waals surface area contributed by atoms with Crippen LogP contribution in [0.2, 0.25) is 5.02 Å². The molecule has 0 saturated carbocycles. The van der Waals surface area contributed by atoms with Crippen LogP contribution in [0.5, 0.6) is 0 Å². The quantitative estimate of drug-likeness (QED) is 0.473. The van der Waals surface area contributed by atoms with Gasteiger partial charge in [0.2, 0.25) is 5.91 Å². The van der Waals surface area contributed by atoms with E-state index in [4.69, 9.17) is 16.3 Å². The Morgan fingerprint density at radius 3 is 2.32 bits per heavy atom. The van der Waals surface area contributed by atoms with Gasteiger partial charge in [0.15, 0.2) is 0 Å². The van der Waals surface area contributed by atoms with Gasteiger partial charge >= 0.3 is 5.97 Å². The van der Waals surface area contributed by atoms with Crippen molar-refractivity contribution in [1.29, 1.82) is 0 Å². The van der Waals surface area contributed by atoms with Crippen LogP contribution in [-0.2, 0) is 20.7 Å². The summed E-state index contributed by atoms with van der Waals surface area (Å²) in [6, 6.07) is 9.26. The molecule has 8 heteroatoms. The van der Waals surface area contributed by atoms with Crippen LogP contribution in [0.1, 0.15) is 62.1 Å². The lowest BCUT2D eigenvalue weighted by molar-refractivity contribution is -0.139. The van der Waals surface area contributed by atoms with E-state index < -0.39 is 17.6 Å². The number of rotatable bonds is 5. The molecule has 2 atom stereocenters. The first-order valence-electron chi connectivity index (χ1n) is 12.8. The first kappa shape index (κ1) is 27.5. The summed E-state index contributed by atoms with van der Waals surface area (Å²) in [5, 5.41) is 0.568. The highest BCUT2D eigenvalue weighted by atomic mass is 35.5. The maximum Gasteiger partial charge on any atom is 0.309 e. The average molecular weight is 533 g/mol. The van der Waals surface area contributed by atoms with E-state index in [0.29, 0.717) is 36.8 Å². The number of methoxy groups -OCH3 is 1. The molecule has 5 nitrogen and oxygen atoms in total. The minimum atomic E-state index is -0.620. The third kappa shape index (κ3) is 6.15. The fourth-order valence-corrected chi connectivity index (χ4v) is 5.91. The number of carbonyl (C=O) groups excluding carboxylic acids is 2. The second-order valence-corrected chi connectivity index (χ2v) is 11.6. The van der Waals surface area contributed by atoms with Crippen molar-refractivity contribution in [1.82, 2.24) is 9.80 Å². The number of ether oxygens (including phenoxy) is 1. The second-order valence-electron chi connectivity index (χ2n) is 11.2. The molecule has 2 fully saturated rings. The zero-order valence-corrected chi connectivity index (χ0v) is 22.7. The van der Waals surface area contributed by atoms with Crippen LogP contribution in [0, 0.1) is 17.6 Å². The number of benzene rings is 2. The smallest absolute Gasteiger partial charge is 0.309 e. The zero-order valence-electron chi connectivity index (χ0n) is 21.9. The summed E-state index contributed by atoms with van der Waals surface area (Å²) in [7, 11) is 1.37. The molecule has 0 radical (unpaired) electrons. The Morgan fingerprint density at radius 2 is 1.70 bits per heavy atom. The molecule has 2 heterocycles. The summed E-state index contributed by atoms with van der Waals surface area (Å²) < 4.78 is 33.3. The van der Waals surface area contributed by atoms with Gasteiger partial charge in [-0.2, -0.15) is 0 Å². The van der Waals surface area contributed by atoms with Crippen LogP contribution in [0.15, 0.2) is 36.4 Å². The predicted octanol–water partition coefficient (Wildman–Crippen LogP) is 5.55. The Labute approximate surface area is 222 Å². The van der Waals surface area contributed by atoms with Gasteiger partial charge in [0.05, 0.1) is 19.4 Å². The lowest BCUT2D eigenvalue weighted by Gasteiger charge is -2.36. The summed E-state index contributed by atoms with van der Waals surface area (Å²) in [6.07, 6.45) is 1.67. The van der Waals surface area contributed by atoms with Gasteiger partial charge in [-0.1, -0.05) is 23.7 Å². The molecule has 2 aliphatic heterocycles. The van der Waals surface area contributed by atoms with Crippen molar-refractivity contribution < 1.29 is 23.1 Å². The summed E-state index contributed by atoms with van der Waals surface area (Å²) in [5.74, 6) is -2.07. The predicted molar refractivity (Wildman–Crippen MR) is 140 cm³/mol. The van der Waals surface area contributed by atoms with E-state index in [-0.39, 0.29) is 35.7 Å². The average Bonchev–Trinajstić information content (AvgIpc) is 3.29. The SMILES string of the molecule is COC(=O)Cc1cc(Cl)ccc1C1CCN(C(=O)[C@@H]2CN(C(C)(C)C)CC2c2ccc(F)cc2F)CC1. The van der Waals surface area contributed by atoms with Gasteiger partial charge < -0.3 is 9.64 Å². The molecule has 0 spiro atoms. The van der Waals surface area contributed by atoms with Crippen LogP contribution in [0.3, 0.4) is 0 Å². The van der Waals surface area contributed by atoms with Crippen LogP contribution >= 0.6 is 11.6 Å². The topological polar surface area (TPSA) is 49.9 Å². The Hall–Kier alpha value is -2.51. The third-order valence-electron chi connectivity index (χ3n) is 7.86. The lowest BCUT2D eigenvalue weighted by atomic mass is 9.84. The number of hydrogen-bond donors (Lipinski definition) is 0. The highest BCUT2D eigenvalue weighted by Gasteiger charge is 2.44. The summed E-state index contributed by atoms with van der Waals surface area (Å²) in [5.41, 5.74) is 2.14. The number of hydrogen-bond acceptors (Lipinski definition) is 4. The first-order valence-corrected chi connectivity index (χ1v) is 13.2. The zero-order chi connectivity index (χ0) is 26.9. The van der Waals surface area contributed by atoms with E-state index in [0.717, 1.165) is 30.0 Å². The first-order chi connectivity index (χ1) is 17.5. The summed E-state index contributed by atoms with van der Waals surface area (Å²) in [6.45, 7) is 8.48. The fraction of sp³-hybridized carbons (Fsp3) is 0.517. The molecule has 37 heavy (non-hydrogen) atoms. The molecular formula is C29H35ClF2N2O3. The summed E-state index contributed by atoms with van der Waals surface area (Å²) >= 11 is 6.19. The lowest BCUT2D eigenvalue weighted by Crippen LogP contribution is -2.44.